The van der Waals surface area contributed by atoms with Gasteiger partial charge in [0.05, 0.1) is 6.61 Å². The lowest BCUT2D eigenvalue weighted by Gasteiger charge is -2.22. The maximum Gasteiger partial charge on any atom is 0.191 e. The van der Waals surface area contributed by atoms with E-state index in [1.165, 1.54) is 51.4 Å². The number of methoxy groups -OCH3 is 1. The van der Waals surface area contributed by atoms with E-state index < -0.39 is 0 Å². The van der Waals surface area contributed by atoms with Crippen molar-refractivity contribution in [1.29, 1.82) is 0 Å². The van der Waals surface area contributed by atoms with Crippen LogP contribution in [0.2, 0.25) is 0 Å². The van der Waals surface area contributed by atoms with Crippen LogP contribution in [0.4, 0.5) is 0 Å². The quantitative estimate of drug-likeness (QED) is 0.348. The molecule has 0 aromatic carbocycles. The maximum atomic E-state index is 5.21. The summed E-state index contributed by atoms with van der Waals surface area (Å²) in [6, 6.07) is 0.785. The Kier molecular flexibility index (Phi) is 8.76. The van der Waals surface area contributed by atoms with E-state index in [0.29, 0.717) is 0 Å². The molecule has 2 fully saturated rings. The van der Waals surface area contributed by atoms with E-state index in [1.807, 2.05) is 7.05 Å². The van der Waals surface area contributed by atoms with E-state index in [4.69, 9.17) is 4.74 Å². The molecule has 0 spiro atoms. The molecule has 0 aromatic heterocycles. The van der Waals surface area contributed by atoms with Gasteiger partial charge in [-0.15, -0.1) is 0 Å². The van der Waals surface area contributed by atoms with Crippen molar-refractivity contribution in [1.82, 2.24) is 15.5 Å². The first kappa shape index (κ1) is 18.5. The van der Waals surface area contributed by atoms with Gasteiger partial charge in [0.15, 0.2) is 5.96 Å². The SMILES string of the molecule is CN=C(NCCCC1CCCC1)NCCN(CCOC)C1CC1. The average Bonchev–Trinajstić information content (AvgIpc) is 3.28. The molecule has 0 heterocycles. The van der Waals surface area contributed by atoms with Crippen molar-refractivity contribution >= 4 is 5.96 Å². The minimum Gasteiger partial charge on any atom is -0.383 e. The van der Waals surface area contributed by atoms with Gasteiger partial charge < -0.3 is 15.4 Å². The summed E-state index contributed by atoms with van der Waals surface area (Å²) in [5.74, 6) is 1.93. The van der Waals surface area contributed by atoms with Gasteiger partial charge in [0, 0.05) is 46.4 Å². The molecule has 23 heavy (non-hydrogen) atoms. The fourth-order valence-corrected chi connectivity index (χ4v) is 3.56. The molecule has 0 unspecified atom stereocenters. The highest BCUT2D eigenvalue weighted by Gasteiger charge is 2.28. The van der Waals surface area contributed by atoms with Crippen LogP contribution in [0.1, 0.15) is 51.4 Å². The molecule has 2 aliphatic rings. The van der Waals surface area contributed by atoms with E-state index in [-0.39, 0.29) is 0 Å². The number of rotatable bonds is 11. The summed E-state index contributed by atoms with van der Waals surface area (Å²) in [5, 5.41) is 6.89. The van der Waals surface area contributed by atoms with Gasteiger partial charge in [-0.2, -0.15) is 0 Å². The molecule has 0 aliphatic heterocycles. The van der Waals surface area contributed by atoms with Crippen molar-refractivity contribution in [2.75, 3.05) is 46.9 Å². The van der Waals surface area contributed by atoms with Gasteiger partial charge in [-0.3, -0.25) is 9.89 Å². The Balaban J connectivity index is 1.53. The van der Waals surface area contributed by atoms with Gasteiger partial charge >= 0.3 is 0 Å². The molecule has 5 nitrogen and oxygen atoms in total. The largest absolute Gasteiger partial charge is 0.383 e. The third kappa shape index (κ3) is 7.53. The molecule has 0 radical (unpaired) electrons. The number of aliphatic imine (C=N–C) groups is 1. The van der Waals surface area contributed by atoms with Crippen molar-refractivity contribution < 1.29 is 4.74 Å². The second kappa shape index (κ2) is 10.9. The molecule has 0 aromatic rings. The van der Waals surface area contributed by atoms with Crippen LogP contribution in [0.25, 0.3) is 0 Å². The van der Waals surface area contributed by atoms with E-state index in [9.17, 15) is 0 Å². The number of nitrogens with zero attached hydrogens (tertiary/aromatic N) is 2. The minimum atomic E-state index is 0.785. The molecule has 5 heteroatoms. The number of nitrogens with one attached hydrogen (secondary N) is 2. The molecule has 0 saturated heterocycles. The Morgan fingerprint density at radius 1 is 1.09 bits per heavy atom. The predicted octanol–water partition coefficient (Wildman–Crippen LogP) is 2.23. The van der Waals surface area contributed by atoms with Crippen LogP contribution in [0.15, 0.2) is 4.99 Å². The van der Waals surface area contributed by atoms with Gasteiger partial charge in [0.25, 0.3) is 0 Å². The minimum absolute atomic E-state index is 0.785. The first-order chi connectivity index (χ1) is 11.3. The third-order valence-corrected chi connectivity index (χ3v) is 5.12. The van der Waals surface area contributed by atoms with Crippen molar-refractivity contribution in [3.8, 4) is 0 Å². The number of guanidine groups is 1. The second-order valence-electron chi connectivity index (χ2n) is 6.98. The van der Waals surface area contributed by atoms with Crippen LogP contribution >= 0.6 is 0 Å². The maximum absolute atomic E-state index is 5.21. The summed E-state index contributed by atoms with van der Waals surface area (Å²) in [6.45, 7) is 4.91. The van der Waals surface area contributed by atoms with Gasteiger partial charge in [0.1, 0.15) is 0 Å². The summed E-state index contributed by atoms with van der Waals surface area (Å²) < 4.78 is 5.21. The lowest BCUT2D eigenvalue weighted by Crippen LogP contribution is -2.43. The Labute approximate surface area is 142 Å². The molecule has 2 rings (SSSR count). The molecule has 134 valence electrons. The van der Waals surface area contributed by atoms with Crippen molar-refractivity contribution in [3.63, 3.8) is 0 Å². The Hall–Kier alpha value is -0.810. The van der Waals surface area contributed by atoms with Crippen LogP contribution in [0.3, 0.4) is 0 Å². The Bertz CT molecular complexity index is 338. The van der Waals surface area contributed by atoms with E-state index in [0.717, 1.165) is 50.7 Å². The van der Waals surface area contributed by atoms with E-state index >= 15 is 0 Å². The third-order valence-electron chi connectivity index (χ3n) is 5.12. The standard InChI is InChI=1S/C18H36N4O/c1-19-18(20-11-5-8-16-6-3-4-7-16)21-12-13-22(14-15-23-2)17-9-10-17/h16-17H,3-15H2,1-2H3,(H2,19,20,21). The van der Waals surface area contributed by atoms with Gasteiger partial charge in [-0.05, 0) is 31.6 Å². The molecule has 0 atom stereocenters. The van der Waals surface area contributed by atoms with Crippen LogP contribution < -0.4 is 10.6 Å². The predicted molar refractivity (Wildman–Crippen MR) is 97.0 cm³/mol. The Morgan fingerprint density at radius 3 is 2.48 bits per heavy atom. The highest BCUT2D eigenvalue weighted by molar-refractivity contribution is 5.79. The topological polar surface area (TPSA) is 48.9 Å². The van der Waals surface area contributed by atoms with E-state index in [2.05, 4.69) is 20.5 Å². The zero-order valence-electron chi connectivity index (χ0n) is 15.1. The summed E-state index contributed by atoms with van der Waals surface area (Å²) >= 11 is 0. The van der Waals surface area contributed by atoms with Crippen LogP contribution in [-0.4, -0.2) is 63.8 Å². The first-order valence-corrected chi connectivity index (χ1v) is 9.51. The molecule has 0 amide bonds. The van der Waals surface area contributed by atoms with Crippen molar-refractivity contribution in [2.45, 2.75) is 57.4 Å². The molecular formula is C18H36N4O. The lowest BCUT2D eigenvalue weighted by atomic mass is 10.0. The highest BCUT2D eigenvalue weighted by atomic mass is 16.5. The molecule has 0 bridgehead atoms. The molecular weight excluding hydrogens is 288 g/mol. The smallest absolute Gasteiger partial charge is 0.191 e. The number of hydrogen-bond donors (Lipinski definition) is 2. The molecule has 2 saturated carbocycles. The zero-order valence-corrected chi connectivity index (χ0v) is 15.1. The van der Waals surface area contributed by atoms with Crippen LogP contribution in [0.5, 0.6) is 0 Å². The fourth-order valence-electron chi connectivity index (χ4n) is 3.56. The summed E-state index contributed by atoms with van der Waals surface area (Å²) in [5.41, 5.74) is 0. The number of hydrogen-bond acceptors (Lipinski definition) is 3. The summed E-state index contributed by atoms with van der Waals surface area (Å²) in [4.78, 5) is 6.86. The fraction of sp³-hybridized carbons (Fsp3) is 0.944. The molecule has 2 N–H and O–H groups in total. The lowest BCUT2D eigenvalue weighted by molar-refractivity contribution is 0.144. The first-order valence-electron chi connectivity index (χ1n) is 9.51. The van der Waals surface area contributed by atoms with Crippen molar-refractivity contribution in [3.05, 3.63) is 0 Å². The Morgan fingerprint density at radius 2 is 1.83 bits per heavy atom. The normalized spacial score (nSPS) is 19.5. The second-order valence-corrected chi connectivity index (χ2v) is 6.98. The average molecular weight is 325 g/mol. The zero-order chi connectivity index (χ0) is 16.3. The summed E-state index contributed by atoms with van der Waals surface area (Å²) in [6.07, 6.45) is 11.1. The van der Waals surface area contributed by atoms with Crippen LogP contribution in [-0.2, 0) is 4.74 Å². The highest BCUT2D eigenvalue weighted by Crippen LogP contribution is 2.28. The summed E-state index contributed by atoms with van der Waals surface area (Å²) in [7, 11) is 3.64. The van der Waals surface area contributed by atoms with Gasteiger partial charge in [-0.25, -0.2) is 0 Å². The van der Waals surface area contributed by atoms with Crippen LogP contribution in [0, 0.1) is 5.92 Å². The van der Waals surface area contributed by atoms with Gasteiger partial charge in [-0.1, -0.05) is 25.7 Å². The van der Waals surface area contributed by atoms with Crippen molar-refractivity contribution in [2.24, 2.45) is 10.9 Å². The van der Waals surface area contributed by atoms with E-state index in [1.54, 1.807) is 7.11 Å². The molecule has 2 aliphatic carbocycles. The monoisotopic (exact) mass is 324 g/mol. The van der Waals surface area contributed by atoms with Gasteiger partial charge in [0.2, 0.25) is 0 Å². The number of ether oxygens (including phenoxy) is 1.